The lowest BCUT2D eigenvalue weighted by Crippen LogP contribution is -2.42. The maximum absolute atomic E-state index is 12.7. The molecule has 88 valence electrons. The molecule has 1 rings (SSSR count). The Kier molecular flexibility index (Phi) is 4.30. The second-order valence-electron chi connectivity index (χ2n) is 3.37. The zero-order valence-corrected chi connectivity index (χ0v) is 8.62. The van der Waals surface area contributed by atoms with E-state index in [1.165, 1.54) is 12.4 Å². The number of hydrogen-bond acceptors (Lipinski definition) is 3. The van der Waals surface area contributed by atoms with E-state index < -0.39 is 24.9 Å². The number of nitrogens with two attached hydrogens (primary N) is 1. The highest BCUT2D eigenvalue weighted by molar-refractivity contribution is 5.78. The lowest BCUT2D eigenvalue weighted by Gasteiger charge is -2.14. The fraction of sp³-hybridized carbons (Fsp3) is 0.400. The van der Waals surface area contributed by atoms with Crippen LogP contribution < -0.4 is 11.1 Å². The third-order valence-corrected chi connectivity index (χ3v) is 1.96. The molecule has 6 heteroatoms. The smallest absolute Gasteiger partial charge is 0.277 e. The molecule has 0 unspecified atom stereocenters. The van der Waals surface area contributed by atoms with E-state index in [1.807, 2.05) is 0 Å². The summed E-state index contributed by atoms with van der Waals surface area (Å²) in [6, 6.07) is 3.31. The molecule has 1 amide bonds. The van der Waals surface area contributed by atoms with Crippen LogP contribution in [0.1, 0.15) is 5.56 Å². The van der Waals surface area contributed by atoms with E-state index >= 15 is 0 Å². The van der Waals surface area contributed by atoms with Gasteiger partial charge in [0.1, 0.15) is 0 Å². The van der Waals surface area contributed by atoms with Gasteiger partial charge in [-0.15, -0.1) is 0 Å². The van der Waals surface area contributed by atoms with Crippen molar-refractivity contribution in [2.75, 3.05) is 13.1 Å². The Balaban J connectivity index is 2.38. The van der Waals surface area contributed by atoms with Gasteiger partial charge in [-0.25, -0.2) is 8.78 Å². The van der Waals surface area contributed by atoms with Crippen molar-refractivity contribution in [2.45, 2.75) is 12.3 Å². The van der Waals surface area contributed by atoms with Crippen molar-refractivity contribution in [3.05, 3.63) is 30.1 Å². The first kappa shape index (κ1) is 12.5. The Morgan fingerprint density at radius 2 is 2.06 bits per heavy atom. The molecule has 0 aliphatic heterocycles. The normalized spacial score (nSPS) is 11.2. The van der Waals surface area contributed by atoms with Crippen LogP contribution in [0.4, 0.5) is 8.78 Å². The quantitative estimate of drug-likeness (QED) is 0.764. The topological polar surface area (TPSA) is 68.0 Å². The van der Waals surface area contributed by atoms with Crippen molar-refractivity contribution < 1.29 is 13.6 Å². The molecular weight excluding hydrogens is 216 g/mol. The number of rotatable bonds is 5. The van der Waals surface area contributed by atoms with Gasteiger partial charge in [0, 0.05) is 12.4 Å². The summed E-state index contributed by atoms with van der Waals surface area (Å²) in [4.78, 5) is 15.1. The van der Waals surface area contributed by atoms with E-state index in [9.17, 15) is 13.6 Å². The van der Waals surface area contributed by atoms with Crippen molar-refractivity contribution in [2.24, 2.45) is 5.73 Å². The molecule has 0 radical (unpaired) electrons. The molecule has 0 saturated carbocycles. The highest BCUT2D eigenvalue weighted by atomic mass is 19.3. The molecule has 0 fully saturated rings. The van der Waals surface area contributed by atoms with Gasteiger partial charge >= 0.3 is 0 Å². The first-order valence-electron chi connectivity index (χ1n) is 4.77. The molecule has 1 heterocycles. The van der Waals surface area contributed by atoms with E-state index in [4.69, 9.17) is 5.73 Å². The molecule has 4 nitrogen and oxygen atoms in total. The summed E-state index contributed by atoms with van der Waals surface area (Å²) in [7, 11) is 0. The highest BCUT2D eigenvalue weighted by Gasteiger charge is 2.26. The molecule has 0 aliphatic rings. The number of hydrogen-bond donors (Lipinski definition) is 2. The van der Waals surface area contributed by atoms with Crippen LogP contribution in [0.5, 0.6) is 0 Å². The maximum Gasteiger partial charge on any atom is 0.277 e. The van der Waals surface area contributed by atoms with Crippen molar-refractivity contribution in [1.29, 1.82) is 0 Å². The molecule has 1 aromatic heterocycles. The summed E-state index contributed by atoms with van der Waals surface area (Å²) in [5.74, 6) is -3.51. The van der Waals surface area contributed by atoms with Gasteiger partial charge in [0.25, 0.3) is 5.92 Å². The fourth-order valence-electron chi connectivity index (χ4n) is 1.05. The number of pyridine rings is 1. The average Bonchev–Trinajstić information content (AvgIpc) is 2.28. The van der Waals surface area contributed by atoms with Crippen LogP contribution in [0.2, 0.25) is 0 Å². The number of carbonyl (C=O) groups is 1. The van der Waals surface area contributed by atoms with Crippen molar-refractivity contribution >= 4 is 5.91 Å². The summed E-state index contributed by atoms with van der Waals surface area (Å²) in [5.41, 5.74) is 5.56. The number of carbonyl (C=O) groups excluding carboxylic acids is 1. The second kappa shape index (κ2) is 5.50. The van der Waals surface area contributed by atoms with Crippen LogP contribution in [-0.2, 0) is 11.2 Å². The minimum absolute atomic E-state index is 0.0587. The molecule has 1 aromatic rings. The van der Waals surface area contributed by atoms with Gasteiger partial charge in [-0.2, -0.15) is 0 Å². The number of halogens is 2. The molecule has 16 heavy (non-hydrogen) atoms. The van der Waals surface area contributed by atoms with Gasteiger partial charge in [-0.05, 0) is 17.7 Å². The molecular formula is C10H13F2N3O. The number of amides is 1. The van der Waals surface area contributed by atoms with Crippen LogP contribution in [-0.4, -0.2) is 29.9 Å². The van der Waals surface area contributed by atoms with E-state index in [-0.39, 0.29) is 6.42 Å². The predicted octanol–water partition coefficient (Wildman–Crippen LogP) is 0.334. The largest absolute Gasteiger partial charge is 0.350 e. The minimum atomic E-state index is -3.05. The third kappa shape index (κ3) is 4.31. The monoisotopic (exact) mass is 229 g/mol. The summed E-state index contributed by atoms with van der Waals surface area (Å²) in [6.45, 7) is -1.50. The summed E-state index contributed by atoms with van der Waals surface area (Å²) < 4.78 is 25.4. The predicted molar refractivity (Wildman–Crippen MR) is 55.0 cm³/mol. The van der Waals surface area contributed by atoms with Crippen LogP contribution in [0.3, 0.4) is 0 Å². The maximum atomic E-state index is 12.7. The summed E-state index contributed by atoms with van der Waals surface area (Å²) in [5, 5.41) is 2.13. The fourth-order valence-corrected chi connectivity index (χ4v) is 1.05. The van der Waals surface area contributed by atoms with Gasteiger partial charge in [0.15, 0.2) is 0 Å². The standard InChI is InChI=1S/C10H13F2N3O/c11-10(12,6-13)7-15-9(16)5-8-1-3-14-4-2-8/h1-4H,5-7,13H2,(H,15,16). The summed E-state index contributed by atoms with van der Waals surface area (Å²) in [6.07, 6.45) is 3.14. The van der Waals surface area contributed by atoms with Gasteiger partial charge < -0.3 is 11.1 Å². The minimum Gasteiger partial charge on any atom is -0.350 e. The zero-order valence-electron chi connectivity index (χ0n) is 8.62. The molecule has 0 aromatic carbocycles. The lowest BCUT2D eigenvalue weighted by atomic mass is 10.2. The van der Waals surface area contributed by atoms with Gasteiger partial charge in [-0.1, -0.05) is 0 Å². The number of aromatic nitrogens is 1. The van der Waals surface area contributed by atoms with E-state index in [1.54, 1.807) is 12.1 Å². The van der Waals surface area contributed by atoms with Crippen molar-refractivity contribution in [3.63, 3.8) is 0 Å². The number of nitrogens with zero attached hydrogens (tertiary/aromatic N) is 1. The molecule has 0 spiro atoms. The number of alkyl halides is 2. The Morgan fingerprint density at radius 3 is 2.62 bits per heavy atom. The molecule has 0 saturated heterocycles. The van der Waals surface area contributed by atoms with E-state index in [0.29, 0.717) is 0 Å². The van der Waals surface area contributed by atoms with Gasteiger partial charge in [-0.3, -0.25) is 9.78 Å². The van der Waals surface area contributed by atoms with Crippen molar-refractivity contribution in [1.82, 2.24) is 10.3 Å². The second-order valence-corrected chi connectivity index (χ2v) is 3.37. The summed E-state index contributed by atoms with van der Waals surface area (Å²) >= 11 is 0. The Morgan fingerprint density at radius 1 is 1.44 bits per heavy atom. The zero-order chi connectivity index (χ0) is 12.0. The Labute approximate surface area is 91.9 Å². The molecule has 3 N–H and O–H groups in total. The Bertz CT molecular complexity index is 343. The SMILES string of the molecule is NCC(F)(F)CNC(=O)Cc1ccncc1. The molecule has 0 aliphatic carbocycles. The van der Waals surface area contributed by atoms with Gasteiger partial charge in [0.05, 0.1) is 19.5 Å². The van der Waals surface area contributed by atoms with Crippen LogP contribution >= 0.6 is 0 Å². The van der Waals surface area contributed by atoms with E-state index in [0.717, 1.165) is 5.56 Å². The molecule has 0 atom stereocenters. The highest BCUT2D eigenvalue weighted by Crippen LogP contribution is 2.08. The lowest BCUT2D eigenvalue weighted by molar-refractivity contribution is -0.122. The van der Waals surface area contributed by atoms with Crippen LogP contribution in [0, 0.1) is 0 Å². The van der Waals surface area contributed by atoms with E-state index in [2.05, 4.69) is 10.3 Å². The van der Waals surface area contributed by atoms with Crippen LogP contribution in [0.25, 0.3) is 0 Å². The molecule has 0 bridgehead atoms. The van der Waals surface area contributed by atoms with Crippen LogP contribution in [0.15, 0.2) is 24.5 Å². The number of nitrogens with one attached hydrogen (secondary N) is 1. The first-order chi connectivity index (χ1) is 7.53. The average molecular weight is 229 g/mol. The third-order valence-electron chi connectivity index (χ3n) is 1.96. The first-order valence-corrected chi connectivity index (χ1v) is 4.77. The Hall–Kier alpha value is -1.56. The van der Waals surface area contributed by atoms with Crippen molar-refractivity contribution in [3.8, 4) is 0 Å². The van der Waals surface area contributed by atoms with Gasteiger partial charge in [0.2, 0.25) is 5.91 Å².